The van der Waals surface area contributed by atoms with Gasteiger partial charge in [-0.1, -0.05) is 18.2 Å². The number of aromatic nitrogens is 2. The van der Waals surface area contributed by atoms with Crippen LogP contribution in [0.3, 0.4) is 0 Å². The molecule has 1 aromatic carbocycles. The number of H-pyrrole nitrogens is 1. The molecular formula is C12H16N4O2S. The number of nitrogens with two attached hydrogens (primary N) is 1. The molecule has 0 amide bonds. The molecule has 0 saturated carbocycles. The van der Waals surface area contributed by atoms with E-state index in [9.17, 15) is 8.42 Å². The molecule has 0 aliphatic rings. The zero-order valence-electron chi connectivity index (χ0n) is 10.4. The summed E-state index contributed by atoms with van der Waals surface area (Å²) in [6, 6.07) is 10.4. The van der Waals surface area contributed by atoms with Crippen molar-refractivity contribution in [3.63, 3.8) is 0 Å². The van der Waals surface area contributed by atoms with Crippen LogP contribution in [-0.4, -0.2) is 31.7 Å². The van der Waals surface area contributed by atoms with Crippen LogP contribution < -0.4 is 10.0 Å². The Labute approximate surface area is 112 Å². The van der Waals surface area contributed by atoms with E-state index in [-0.39, 0.29) is 5.03 Å². The van der Waals surface area contributed by atoms with Gasteiger partial charge in [-0.25, -0.2) is 0 Å². The molecule has 0 aliphatic heterocycles. The van der Waals surface area contributed by atoms with Crippen LogP contribution in [0.4, 0.5) is 5.69 Å². The molecular weight excluding hydrogens is 264 g/mol. The molecule has 0 bridgehead atoms. The molecule has 0 saturated heterocycles. The molecule has 0 radical (unpaired) electrons. The number of hydrogen-bond donors (Lipinski definition) is 2. The number of nitrogens with zero attached hydrogens (tertiary/aromatic N) is 2. The molecule has 19 heavy (non-hydrogen) atoms. The van der Waals surface area contributed by atoms with Crippen LogP contribution >= 0.6 is 0 Å². The monoisotopic (exact) mass is 280 g/mol. The summed E-state index contributed by atoms with van der Waals surface area (Å²) in [6.07, 6.45) is 2.00. The van der Waals surface area contributed by atoms with Gasteiger partial charge in [-0.3, -0.25) is 9.40 Å². The Kier molecular flexibility index (Phi) is 4.18. The molecule has 0 unspecified atom stereocenters. The Bertz CT molecular complexity index is 596. The van der Waals surface area contributed by atoms with Gasteiger partial charge < -0.3 is 5.73 Å². The molecule has 0 fully saturated rings. The highest BCUT2D eigenvalue weighted by molar-refractivity contribution is 7.92. The van der Waals surface area contributed by atoms with E-state index < -0.39 is 10.0 Å². The quantitative estimate of drug-likeness (QED) is 0.824. The molecule has 102 valence electrons. The second kappa shape index (κ2) is 5.85. The Morgan fingerprint density at radius 3 is 2.53 bits per heavy atom. The van der Waals surface area contributed by atoms with Gasteiger partial charge in [-0.2, -0.15) is 13.5 Å². The first-order valence-corrected chi connectivity index (χ1v) is 7.37. The van der Waals surface area contributed by atoms with Crippen LogP contribution in [0.2, 0.25) is 0 Å². The van der Waals surface area contributed by atoms with Gasteiger partial charge in [0.1, 0.15) is 0 Å². The van der Waals surface area contributed by atoms with Gasteiger partial charge in [0, 0.05) is 6.54 Å². The summed E-state index contributed by atoms with van der Waals surface area (Å²) in [6.45, 7) is 0.768. The van der Waals surface area contributed by atoms with E-state index in [4.69, 9.17) is 5.73 Å². The van der Waals surface area contributed by atoms with Crippen LogP contribution in [0.25, 0.3) is 0 Å². The van der Waals surface area contributed by atoms with E-state index in [1.54, 1.807) is 24.3 Å². The molecule has 2 rings (SSSR count). The molecule has 7 heteroatoms. The lowest BCUT2D eigenvalue weighted by molar-refractivity contribution is 0.585. The Morgan fingerprint density at radius 2 is 1.95 bits per heavy atom. The highest BCUT2D eigenvalue weighted by Gasteiger charge is 2.25. The van der Waals surface area contributed by atoms with Gasteiger partial charge in [-0.15, -0.1) is 0 Å². The normalized spacial score (nSPS) is 11.4. The zero-order chi connectivity index (χ0) is 13.7. The average molecular weight is 280 g/mol. The highest BCUT2D eigenvalue weighted by atomic mass is 32.2. The van der Waals surface area contributed by atoms with E-state index in [0.29, 0.717) is 25.2 Å². The third-order valence-corrected chi connectivity index (χ3v) is 4.41. The predicted octanol–water partition coefficient (Wildman–Crippen LogP) is 0.954. The standard InChI is InChI=1S/C12H16N4O2S/c13-8-4-10-16(11-5-2-1-3-6-11)19(17,18)12-7-9-14-15-12/h1-3,5-7,9H,4,8,10,13H2,(H,14,15). The second-order valence-corrected chi connectivity index (χ2v) is 5.81. The van der Waals surface area contributed by atoms with Gasteiger partial charge in [0.15, 0.2) is 5.03 Å². The fourth-order valence-corrected chi connectivity index (χ4v) is 3.13. The van der Waals surface area contributed by atoms with Crippen molar-refractivity contribution < 1.29 is 8.42 Å². The smallest absolute Gasteiger partial charge is 0.281 e. The molecule has 0 atom stereocenters. The van der Waals surface area contributed by atoms with Crippen LogP contribution in [0, 0.1) is 0 Å². The SMILES string of the molecule is NCCCN(c1ccccc1)S(=O)(=O)c1ccn[nH]1. The van der Waals surface area contributed by atoms with Crippen LogP contribution in [0.5, 0.6) is 0 Å². The molecule has 1 heterocycles. The molecule has 0 aliphatic carbocycles. The van der Waals surface area contributed by atoms with E-state index in [2.05, 4.69) is 10.2 Å². The summed E-state index contributed by atoms with van der Waals surface area (Å²) < 4.78 is 26.4. The van der Waals surface area contributed by atoms with Crippen molar-refractivity contribution in [2.24, 2.45) is 5.73 Å². The van der Waals surface area contributed by atoms with Crippen LogP contribution in [0.1, 0.15) is 6.42 Å². The minimum atomic E-state index is -3.62. The van der Waals surface area contributed by atoms with Crippen LogP contribution in [-0.2, 0) is 10.0 Å². The number of sulfonamides is 1. The second-order valence-electron chi connectivity index (χ2n) is 3.98. The van der Waals surface area contributed by atoms with Crippen molar-refractivity contribution in [1.29, 1.82) is 0 Å². The van der Waals surface area contributed by atoms with Crippen molar-refractivity contribution in [3.8, 4) is 0 Å². The Morgan fingerprint density at radius 1 is 1.21 bits per heavy atom. The predicted molar refractivity (Wildman–Crippen MR) is 73.2 cm³/mol. The first kappa shape index (κ1) is 13.6. The maximum atomic E-state index is 12.5. The number of rotatable bonds is 6. The lowest BCUT2D eigenvalue weighted by Gasteiger charge is -2.23. The zero-order valence-corrected chi connectivity index (χ0v) is 11.2. The number of benzene rings is 1. The average Bonchev–Trinajstić information content (AvgIpc) is 2.95. The first-order chi connectivity index (χ1) is 9.16. The van der Waals surface area contributed by atoms with E-state index in [0.717, 1.165) is 0 Å². The number of hydrogen-bond acceptors (Lipinski definition) is 4. The van der Waals surface area contributed by atoms with Crippen molar-refractivity contribution in [2.75, 3.05) is 17.4 Å². The molecule has 6 nitrogen and oxygen atoms in total. The van der Waals surface area contributed by atoms with Crippen molar-refractivity contribution >= 4 is 15.7 Å². The number of aromatic amines is 1. The number of anilines is 1. The van der Waals surface area contributed by atoms with Crippen molar-refractivity contribution in [1.82, 2.24) is 10.2 Å². The van der Waals surface area contributed by atoms with E-state index in [1.165, 1.54) is 16.6 Å². The van der Waals surface area contributed by atoms with Gasteiger partial charge in [-0.05, 0) is 31.2 Å². The summed E-state index contributed by atoms with van der Waals surface area (Å²) in [4.78, 5) is 0. The first-order valence-electron chi connectivity index (χ1n) is 5.93. The molecule has 2 aromatic rings. The largest absolute Gasteiger partial charge is 0.330 e. The van der Waals surface area contributed by atoms with Gasteiger partial charge in [0.05, 0.1) is 11.9 Å². The van der Waals surface area contributed by atoms with E-state index in [1.807, 2.05) is 6.07 Å². The minimum Gasteiger partial charge on any atom is -0.330 e. The third kappa shape index (κ3) is 2.94. The summed E-state index contributed by atoms with van der Waals surface area (Å²) in [5.41, 5.74) is 6.09. The molecule has 1 aromatic heterocycles. The third-order valence-electron chi connectivity index (χ3n) is 2.65. The summed E-state index contributed by atoms with van der Waals surface area (Å²) in [7, 11) is -3.62. The van der Waals surface area contributed by atoms with E-state index >= 15 is 0 Å². The molecule has 0 spiro atoms. The summed E-state index contributed by atoms with van der Waals surface area (Å²) in [5.74, 6) is 0. The lowest BCUT2D eigenvalue weighted by atomic mass is 10.3. The Balaban J connectivity index is 2.38. The van der Waals surface area contributed by atoms with Gasteiger partial charge >= 0.3 is 0 Å². The molecule has 3 N–H and O–H groups in total. The summed E-state index contributed by atoms with van der Waals surface area (Å²) >= 11 is 0. The number of para-hydroxylation sites is 1. The maximum absolute atomic E-state index is 12.5. The van der Waals surface area contributed by atoms with Crippen LogP contribution in [0.15, 0.2) is 47.6 Å². The minimum absolute atomic E-state index is 0.0772. The van der Waals surface area contributed by atoms with Crippen molar-refractivity contribution in [2.45, 2.75) is 11.4 Å². The fourth-order valence-electron chi connectivity index (χ4n) is 1.72. The summed E-state index contributed by atoms with van der Waals surface area (Å²) in [5, 5.41) is 6.26. The van der Waals surface area contributed by atoms with Gasteiger partial charge in [0.25, 0.3) is 10.0 Å². The van der Waals surface area contributed by atoms with Crippen molar-refractivity contribution in [3.05, 3.63) is 42.6 Å². The maximum Gasteiger partial charge on any atom is 0.281 e. The topological polar surface area (TPSA) is 92.1 Å². The number of nitrogens with one attached hydrogen (secondary N) is 1. The highest BCUT2D eigenvalue weighted by Crippen LogP contribution is 2.22. The Hall–Kier alpha value is -1.86. The fraction of sp³-hybridized carbons (Fsp3) is 0.250. The lowest BCUT2D eigenvalue weighted by Crippen LogP contribution is -2.33. The van der Waals surface area contributed by atoms with Gasteiger partial charge in [0.2, 0.25) is 0 Å².